The summed E-state index contributed by atoms with van der Waals surface area (Å²) in [4.78, 5) is 9.10. The van der Waals surface area contributed by atoms with E-state index in [1.807, 2.05) is 30.6 Å². The minimum atomic E-state index is 0.794. The molecule has 0 aliphatic rings. The Hall–Kier alpha value is -6.78. The number of furan rings is 2. The lowest BCUT2D eigenvalue weighted by Gasteiger charge is -2.18. The first-order chi connectivity index (χ1) is 24.8. The molecule has 50 heavy (non-hydrogen) atoms. The number of benzene rings is 7. The zero-order valence-electron chi connectivity index (χ0n) is 26.7. The maximum atomic E-state index is 6.40. The second kappa shape index (κ2) is 10.4. The number of aromatic nitrogens is 2. The minimum absolute atomic E-state index is 0.794. The van der Waals surface area contributed by atoms with Gasteiger partial charge >= 0.3 is 0 Å². The second-order valence-electron chi connectivity index (χ2n) is 12.9. The molecule has 4 aromatic heterocycles. The number of hydrogen-bond donors (Lipinski definition) is 0. The molecule has 0 unspecified atom stereocenters. The minimum Gasteiger partial charge on any atom is -0.456 e. The number of rotatable bonds is 3. The van der Waals surface area contributed by atoms with E-state index in [9.17, 15) is 0 Å². The van der Waals surface area contributed by atoms with Gasteiger partial charge in [-0.05, 0) is 97.4 Å². The Morgan fingerprint density at radius 1 is 0.380 bits per heavy atom. The molecular formula is C46H26N2O2. The highest BCUT2D eigenvalue weighted by Crippen LogP contribution is 2.45. The van der Waals surface area contributed by atoms with Crippen molar-refractivity contribution in [2.75, 3.05) is 0 Å². The summed E-state index contributed by atoms with van der Waals surface area (Å²) in [5.41, 5.74) is 11.4. The molecule has 7 aromatic carbocycles. The van der Waals surface area contributed by atoms with Gasteiger partial charge in [0.15, 0.2) is 5.58 Å². The molecule has 4 heterocycles. The Morgan fingerprint density at radius 2 is 0.960 bits per heavy atom. The average molecular weight is 639 g/mol. The highest BCUT2D eigenvalue weighted by molar-refractivity contribution is 6.22. The van der Waals surface area contributed by atoms with Gasteiger partial charge in [-0.25, -0.2) is 0 Å². The van der Waals surface area contributed by atoms with Crippen LogP contribution in [0, 0.1) is 0 Å². The first kappa shape index (κ1) is 27.2. The van der Waals surface area contributed by atoms with Crippen molar-refractivity contribution in [1.29, 1.82) is 0 Å². The summed E-state index contributed by atoms with van der Waals surface area (Å²) < 4.78 is 12.5. The standard InChI is InChI=1S/C46H26N2O2/c1-3-13-36-34(11-1)43(29-9-7-8-27(22-29)28-16-18-41-38(23-28)33-10-5-6-15-40(33)49-41)35-12-2-4-14-37(35)44(36)30-17-19-42-39(24-30)45-46(50-42)32-20-21-47-25-31(32)26-48-45/h1-26H. The Balaban J connectivity index is 1.13. The summed E-state index contributed by atoms with van der Waals surface area (Å²) in [6.07, 6.45) is 5.51. The molecule has 0 saturated carbocycles. The molecule has 0 atom stereocenters. The summed E-state index contributed by atoms with van der Waals surface area (Å²) in [7, 11) is 0. The maximum absolute atomic E-state index is 6.40. The topological polar surface area (TPSA) is 52.1 Å². The molecule has 4 nitrogen and oxygen atoms in total. The van der Waals surface area contributed by atoms with E-state index in [1.54, 1.807) is 6.20 Å². The fourth-order valence-electron chi connectivity index (χ4n) is 7.91. The predicted molar refractivity (Wildman–Crippen MR) is 205 cm³/mol. The molecule has 0 fully saturated rings. The number of nitrogens with zero attached hydrogens (tertiary/aromatic N) is 2. The van der Waals surface area contributed by atoms with Crippen LogP contribution in [0.2, 0.25) is 0 Å². The fourth-order valence-corrected chi connectivity index (χ4v) is 7.91. The van der Waals surface area contributed by atoms with Gasteiger partial charge in [0, 0.05) is 45.5 Å². The lowest BCUT2D eigenvalue weighted by atomic mass is 9.85. The zero-order chi connectivity index (χ0) is 32.8. The molecule has 0 bridgehead atoms. The first-order valence-corrected chi connectivity index (χ1v) is 16.8. The van der Waals surface area contributed by atoms with E-state index >= 15 is 0 Å². The average Bonchev–Trinajstić information content (AvgIpc) is 3.75. The summed E-state index contributed by atoms with van der Waals surface area (Å²) >= 11 is 0. The van der Waals surface area contributed by atoms with Crippen molar-refractivity contribution in [3.63, 3.8) is 0 Å². The van der Waals surface area contributed by atoms with Gasteiger partial charge in [0.1, 0.15) is 22.3 Å². The van der Waals surface area contributed by atoms with Gasteiger partial charge in [-0.2, -0.15) is 0 Å². The number of para-hydroxylation sites is 1. The van der Waals surface area contributed by atoms with Crippen molar-refractivity contribution in [3.8, 4) is 33.4 Å². The van der Waals surface area contributed by atoms with Crippen molar-refractivity contribution >= 4 is 76.3 Å². The van der Waals surface area contributed by atoms with Gasteiger partial charge in [0.2, 0.25) is 0 Å². The molecule has 11 aromatic rings. The Bertz CT molecular complexity index is 3110. The van der Waals surface area contributed by atoms with E-state index in [2.05, 4.69) is 126 Å². The molecule has 0 saturated heterocycles. The smallest absolute Gasteiger partial charge is 0.161 e. The highest BCUT2D eigenvalue weighted by Gasteiger charge is 2.19. The van der Waals surface area contributed by atoms with Gasteiger partial charge in [-0.15, -0.1) is 0 Å². The third-order valence-corrected chi connectivity index (χ3v) is 10.2. The molecule has 232 valence electrons. The van der Waals surface area contributed by atoms with E-state index in [0.717, 1.165) is 65.9 Å². The summed E-state index contributed by atoms with van der Waals surface area (Å²) in [5.74, 6) is 0. The van der Waals surface area contributed by atoms with E-state index in [-0.39, 0.29) is 0 Å². The molecule has 11 rings (SSSR count). The predicted octanol–water partition coefficient (Wildman–Crippen LogP) is 12.7. The fraction of sp³-hybridized carbons (Fsp3) is 0. The van der Waals surface area contributed by atoms with Crippen molar-refractivity contribution in [2.24, 2.45) is 0 Å². The Morgan fingerprint density at radius 3 is 1.72 bits per heavy atom. The van der Waals surface area contributed by atoms with Gasteiger partial charge in [0.25, 0.3) is 0 Å². The van der Waals surface area contributed by atoms with Crippen LogP contribution in [0.25, 0.3) is 110 Å². The molecule has 0 aliphatic heterocycles. The lowest BCUT2D eigenvalue weighted by Crippen LogP contribution is -1.91. The summed E-state index contributed by atoms with van der Waals surface area (Å²) in [6, 6.07) is 49.7. The molecular weight excluding hydrogens is 613 g/mol. The number of pyridine rings is 2. The third-order valence-electron chi connectivity index (χ3n) is 10.2. The summed E-state index contributed by atoms with van der Waals surface area (Å²) in [6.45, 7) is 0. The molecule has 0 N–H and O–H groups in total. The van der Waals surface area contributed by atoms with Crippen molar-refractivity contribution in [3.05, 3.63) is 158 Å². The molecule has 4 heteroatoms. The van der Waals surface area contributed by atoms with Gasteiger partial charge < -0.3 is 8.83 Å². The molecule has 0 spiro atoms. The SMILES string of the molecule is c1cc(-c2ccc3oc4ccccc4c3c2)cc(-c2c3ccccc3c(-c3ccc4oc5c6ccncc6cnc5c4c3)c3ccccc23)c1. The zero-order valence-corrected chi connectivity index (χ0v) is 26.7. The van der Waals surface area contributed by atoms with Gasteiger partial charge in [-0.1, -0.05) is 97.1 Å². The quantitative estimate of drug-likeness (QED) is 0.181. The maximum Gasteiger partial charge on any atom is 0.161 e. The van der Waals surface area contributed by atoms with Crippen molar-refractivity contribution < 1.29 is 8.83 Å². The van der Waals surface area contributed by atoms with Crippen molar-refractivity contribution in [2.45, 2.75) is 0 Å². The monoisotopic (exact) mass is 638 g/mol. The van der Waals surface area contributed by atoms with E-state index < -0.39 is 0 Å². The van der Waals surface area contributed by atoms with Crippen LogP contribution in [0.15, 0.2) is 167 Å². The normalized spacial score (nSPS) is 12.0. The van der Waals surface area contributed by atoms with Crippen LogP contribution < -0.4 is 0 Å². The van der Waals surface area contributed by atoms with Crippen LogP contribution in [0.5, 0.6) is 0 Å². The number of fused-ring (bicyclic) bond motifs is 10. The summed E-state index contributed by atoms with van der Waals surface area (Å²) in [5, 5.41) is 10.1. The van der Waals surface area contributed by atoms with Crippen LogP contribution in [-0.2, 0) is 0 Å². The molecule has 0 amide bonds. The highest BCUT2D eigenvalue weighted by atomic mass is 16.3. The molecule has 0 aliphatic carbocycles. The van der Waals surface area contributed by atoms with Crippen LogP contribution in [0.1, 0.15) is 0 Å². The van der Waals surface area contributed by atoms with Crippen molar-refractivity contribution in [1.82, 2.24) is 9.97 Å². The van der Waals surface area contributed by atoms with E-state index in [1.165, 1.54) is 43.8 Å². The molecule has 0 radical (unpaired) electrons. The van der Waals surface area contributed by atoms with Gasteiger partial charge in [-0.3, -0.25) is 9.97 Å². The van der Waals surface area contributed by atoms with Crippen LogP contribution in [-0.4, -0.2) is 9.97 Å². The Kier molecular flexibility index (Phi) is 5.63. The van der Waals surface area contributed by atoms with E-state index in [4.69, 9.17) is 13.8 Å². The second-order valence-corrected chi connectivity index (χ2v) is 12.9. The van der Waals surface area contributed by atoms with E-state index in [0.29, 0.717) is 0 Å². The van der Waals surface area contributed by atoms with Crippen LogP contribution in [0.3, 0.4) is 0 Å². The largest absolute Gasteiger partial charge is 0.456 e. The lowest BCUT2D eigenvalue weighted by molar-refractivity contribution is 0.669. The van der Waals surface area contributed by atoms with Gasteiger partial charge in [0.05, 0.1) is 0 Å². The Labute approximate surface area is 285 Å². The van der Waals surface area contributed by atoms with Crippen LogP contribution in [0.4, 0.5) is 0 Å². The third kappa shape index (κ3) is 3.93. The number of hydrogen-bond acceptors (Lipinski definition) is 4. The first-order valence-electron chi connectivity index (χ1n) is 16.8. The van der Waals surface area contributed by atoms with Crippen LogP contribution >= 0.6 is 0 Å².